The Morgan fingerprint density at radius 3 is 2.00 bits per heavy atom. The van der Waals surface area contributed by atoms with E-state index >= 15 is 0 Å². The molecule has 3 heteroatoms. The van der Waals surface area contributed by atoms with E-state index in [1.807, 2.05) is 0 Å². The highest BCUT2D eigenvalue weighted by Gasteiger charge is 2.02. The summed E-state index contributed by atoms with van der Waals surface area (Å²) >= 11 is 0. The van der Waals surface area contributed by atoms with Crippen LogP contribution >= 0.6 is 0 Å². The normalized spacial score (nSPS) is 10.9. The summed E-state index contributed by atoms with van der Waals surface area (Å²) in [5.41, 5.74) is 0. The van der Waals surface area contributed by atoms with Gasteiger partial charge in [-0.05, 0) is 31.4 Å². The number of rotatable bonds is 13. The molecule has 1 heterocycles. The third-order valence-electron chi connectivity index (χ3n) is 3.81. The summed E-state index contributed by atoms with van der Waals surface area (Å²) < 4.78 is 5.84. The van der Waals surface area contributed by atoms with Gasteiger partial charge in [0.25, 0.3) is 0 Å². The fourth-order valence-electron chi connectivity index (χ4n) is 2.52. The first kappa shape index (κ1) is 17.8. The minimum Gasteiger partial charge on any atom is -0.481 e. The number of carboxylic acids is 1. The number of aliphatic carboxylic acids is 1. The summed E-state index contributed by atoms with van der Waals surface area (Å²) in [5, 5.41) is 8.54. The summed E-state index contributed by atoms with van der Waals surface area (Å²) in [5.74, 6) is 1.57. The Labute approximate surface area is 128 Å². The van der Waals surface area contributed by atoms with E-state index in [9.17, 15) is 4.79 Å². The van der Waals surface area contributed by atoms with E-state index in [1.54, 1.807) is 0 Å². The van der Waals surface area contributed by atoms with Crippen LogP contribution in [0.25, 0.3) is 0 Å². The van der Waals surface area contributed by atoms with Gasteiger partial charge in [0.15, 0.2) is 0 Å². The molecule has 3 nitrogen and oxygen atoms in total. The Morgan fingerprint density at radius 1 is 0.905 bits per heavy atom. The average molecular weight is 294 g/mol. The van der Waals surface area contributed by atoms with Gasteiger partial charge in [0.1, 0.15) is 11.5 Å². The molecule has 1 N–H and O–H groups in total. The molecule has 0 radical (unpaired) electrons. The lowest BCUT2D eigenvalue weighted by Crippen LogP contribution is -1.93. The van der Waals surface area contributed by atoms with Crippen LogP contribution < -0.4 is 0 Å². The molecule has 0 atom stereocenters. The molecule has 0 bridgehead atoms. The number of hydrogen-bond donors (Lipinski definition) is 1. The van der Waals surface area contributed by atoms with Gasteiger partial charge in [-0.3, -0.25) is 4.79 Å². The summed E-state index contributed by atoms with van der Waals surface area (Å²) in [6.45, 7) is 2.22. The molecule has 120 valence electrons. The molecular weight excluding hydrogens is 264 g/mol. The molecular formula is C18H30O3. The maximum absolute atomic E-state index is 10.4. The molecule has 0 unspecified atom stereocenters. The van der Waals surface area contributed by atoms with E-state index < -0.39 is 5.97 Å². The van der Waals surface area contributed by atoms with Crippen LogP contribution in [0.3, 0.4) is 0 Å². The smallest absolute Gasteiger partial charge is 0.303 e. The van der Waals surface area contributed by atoms with E-state index in [-0.39, 0.29) is 0 Å². The Bertz CT molecular complexity index is 382. The van der Waals surface area contributed by atoms with Crippen molar-refractivity contribution in [1.82, 2.24) is 0 Å². The first-order valence-electron chi connectivity index (χ1n) is 8.51. The first-order valence-corrected chi connectivity index (χ1v) is 8.51. The highest BCUT2D eigenvalue weighted by Crippen LogP contribution is 2.15. The van der Waals surface area contributed by atoms with Crippen molar-refractivity contribution in [2.45, 2.75) is 84.0 Å². The monoisotopic (exact) mass is 294 g/mol. The highest BCUT2D eigenvalue weighted by molar-refractivity contribution is 5.66. The number of aryl methyl sites for hydroxylation is 2. The van der Waals surface area contributed by atoms with E-state index in [0.29, 0.717) is 6.42 Å². The van der Waals surface area contributed by atoms with Crippen molar-refractivity contribution in [1.29, 1.82) is 0 Å². The van der Waals surface area contributed by atoms with Gasteiger partial charge >= 0.3 is 5.97 Å². The summed E-state index contributed by atoms with van der Waals surface area (Å²) in [6.07, 6.45) is 12.7. The Kier molecular flexibility index (Phi) is 9.68. The topological polar surface area (TPSA) is 50.4 Å². The van der Waals surface area contributed by atoms with Crippen molar-refractivity contribution in [3.63, 3.8) is 0 Å². The van der Waals surface area contributed by atoms with Gasteiger partial charge in [0, 0.05) is 19.3 Å². The van der Waals surface area contributed by atoms with Crippen molar-refractivity contribution in [2.24, 2.45) is 0 Å². The van der Waals surface area contributed by atoms with E-state index in [4.69, 9.17) is 9.52 Å². The lowest BCUT2D eigenvalue weighted by molar-refractivity contribution is -0.137. The Morgan fingerprint density at radius 2 is 1.43 bits per heavy atom. The fourth-order valence-corrected chi connectivity index (χ4v) is 2.52. The van der Waals surface area contributed by atoms with Crippen molar-refractivity contribution < 1.29 is 14.3 Å². The molecule has 0 spiro atoms. The molecule has 0 saturated carbocycles. The van der Waals surface area contributed by atoms with Gasteiger partial charge in [-0.15, -0.1) is 0 Å². The number of furan rings is 1. The van der Waals surface area contributed by atoms with Gasteiger partial charge in [-0.25, -0.2) is 0 Å². The molecule has 0 aliphatic heterocycles. The maximum Gasteiger partial charge on any atom is 0.303 e. The number of unbranched alkanes of at least 4 members (excludes halogenated alkanes) is 7. The second-order valence-electron chi connectivity index (χ2n) is 5.84. The Balaban J connectivity index is 1.98. The quantitative estimate of drug-likeness (QED) is 0.497. The van der Waals surface area contributed by atoms with Crippen LogP contribution in [-0.4, -0.2) is 11.1 Å². The lowest BCUT2D eigenvalue weighted by atomic mass is 10.1. The minimum absolute atomic E-state index is 0.313. The molecule has 1 aromatic heterocycles. The molecule has 0 amide bonds. The maximum atomic E-state index is 10.4. The van der Waals surface area contributed by atoms with Crippen molar-refractivity contribution >= 4 is 5.97 Å². The van der Waals surface area contributed by atoms with E-state index in [2.05, 4.69) is 19.1 Å². The molecule has 0 aromatic carbocycles. The summed E-state index contributed by atoms with van der Waals surface area (Å²) in [7, 11) is 0. The second kappa shape index (κ2) is 11.4. The number of carboxylic acid groups (broad SMARTS) is 1. The van der Waals surface area contributed by atoms with Gasteiger partial charge in [0.05, 0.1) is 0 Å². The van der Waals surface area contributed by atoms with Crippen molar-refractivity contribution in [3.8, 4) is 0 Å². The second-order valence-corrected chi connectivity index (χ2v) is 5.84. The van der Waals surface area contributed by atoms with E-state index in [0.717, 1.165) is 43.6 Å². The number of carbonyl (C=O) groups is 1. The zero-order chi connectivity index (χ0) is 15.3. The standard InChI is InChI=1S/C18H30O3/c1-2-3-8-11-16-14-15-17(21-16)12-9-6-4-5-7-10-13-18(19)20/h14-15H,2-13H2,1H3,(H,19,20). The zero-order valence-corrected chi connectivity index (χ0v) is 13.4. The zero-order valence-electron chi connectivity index (χ0n) is 13.4. The number of hydrogen-bond acceptors (Lipinski definition) is 2. The fraction of sp³-hybridized carbons (Fsp3) is 0.722. The molecule has 0 aliphatic carbocycles. The first-order chi connectivity index (χ1) is 10.2. The lowest BCUT2D eigenvalue weighted by Gasteiger charge is -2.00. The van der Waals surface area contributed by atoms with Gasteiger partial charge < -0.3 is 9.52 Å². The van der Waals surface area contributed by atoms with Crippen LogP contribution in [0, 0.1) is 0 Å². The third kappa shape index (κ3) is 9.33. The molecule has 0 fully saturated rings. The molecule has 0 saturated heterocycles. The van der Waals surface area contributed by atoms with Gasteiger partial charge in [0.2, 0.25) is 0 Å². The minimum atomic E-state index is -0.678. The van der Waals surface area contributed by atoms with Crippen molar-refractivity contribution in [2.75, 3.05) is 0 Å². The van der Waals surface area contributed by atoms with Crippen LogP contribution in [0.2, 0.25) is 0 Å². The van der Waals surface area contributed by atoms with Crippen molar-refractivity contribution in [3.05, 3.63) is 23.7 Å². The predicted molar refractivity (Wildman–Crippen MR) is 85.6 cm³/mol. The van der Waals surface area contributed by atoms with Gasteiger partial charge in [-0.2, -0.15) is 0 Å². The highest BCUT2D eigenvalue weighted by atomic mass is 16.4. The summed E-state index contributed by atoms with van der Waals surface area (Å²) in [6, 6.07) is 4.24. The molecule has 0 aliphatic rings. The molecule has 21 heavy (non-hydrogen) atoms. The largest absolute Gasteiger partial charge is 0.481 e. The van der Waals surface area contributed by atoms with Crippen LogP contribution in [0.1, 0.15) is 82.7 Å². The average Bonchev–Trinajstić information content (AvgIpc) is 2.89. The molecule has 1 aromatic rings. The molecule has 1 rings (SSSR count). The SMILES string of the molecule is CCCCCc1ccc(CCCCCCCCC(=O)O)o1. The van der Waals surface area contributed by atoms with Crippen LogP contribution in [0.4, 0.5) is 0 Å². The van der Waals surface area contributed by atoms with E-state index in [1.165, 1.54) is 38.5 Å². The van der Waals surface area contributed by atoms with Gasteiger partial charge in [-0.1, -0.05) is 45.4 Å². The van der Waals surface area contributed by atoms with Crippen LogP contribution in [0.15, 0.2) is 16.5 Å². The summed E-state index contributed by atoms with van der Waals surface area (Å²) in [4.78, 5) is 10.4. The van der Waals surface area contributed by atoms with Crippen LogP contribution in [-0.2, 0) is 17.6 Å². The predicted octanol–water partition coefficient (Wildman–Crippen LogP) is 5.37. The third-order valence-corrected chi connectivity index (χ3v) is 3.81. The van der Waals surface area contributed by atoms with Crippen LogP contribution in [0.5, 0.6) is 0 Å². The Hall–Kier alpha value is -1.25.